The predicted octanol–water partition coefficient (Wildman–Crippen LogP) is 4.08. The second-order valence-corrected chi connectivity index (χ2v) is 8.02. The van der Waals surface area contributed by atoms with E-state index in [1.54, 1.807) is 31.2 Å². The van der Waals surface area contributed by atoms with Crippen LogP contribution in [-0.4, -0.2) is 24.6 Å². The highest BCUT2D eigenvalue weighted by atomic mass is 35.5. The van der Waals surface area contributed by atoms with Crippen LogP contribution in [0.1, 0.15) is 33.6 Å². The molecule has 3 saturated carbocycles. The van der Waals surface area contributed by atoms with Gasteiger partial charge in [-0.15, -0.1) is 0 Å². The zero-order chi connectivity index (χ0) is 18.2. The summed E-state index contributed by atoms with van der Waals surface area (Å²) >= 11 is 5.86. The number of amides is 2. The molecule has 1 aromatic carbocycles. The highest BCUT2D eigenvalue weighted by Gasteiger charge is 2.59. The maximum Gasteiger partial charge on any atom is 0.319 e. The first-order valence-electron chi connectivity index (χ1n) is 8.82. The minimum atomic E-state index is -0.303. The topological polar surface area (TPSA) is 67.4 Å². The molecule has 4 atom stereocenters. The number of carbonyl (C=O) groups excluding carboxylic acids is 2. The summed E-state index contributed by atoms with van der Waals surface area (Å²) in [5.41, 5.74) is 0.803. The number of rotatable bonds is 4. The van der Waals surface area contributed by atoms with Gasteiger partial charge in [-0.1, -0.05) is 25.4 Å². The van der Waals surface area contributed by atoms with E-state index in [0.717, 1.165) is 12.8 Å². The lowest BCUT2D eigenvalue weighted by atomic mass is 9.45. The van der Waals surface area contributed by atoms with Gasteiger partial charge in [0.25, 0.3) is 0 Å². The van der Waals surface area contributed by atoms with Crippen molar-refractivity contribution in [2.24, 2.45) is 23.2 Å². The van der Waals surface area contributed by atoms with Crippen molar-refractivity contribution in [3.05, 3.63) is 29.3 Å². The van der Waals surface area contributed by atoms with E-state index < -0.39 is 0 Å². The Labute approximate surface area is 153 Å². The summed E-state index contributed by atoms with van der Waals surface area (Å²) in [6.45, 7) is 6.61. The maximum absolute atomic E-state index is 12.5. The number of urea groups is 1. The lowest BCUT2D eigenvalue weighted by molar-refractivity contribution is -0.166. The van der Waals surface area contributed by atoms with Crippen LogP contribution in [0.3, 0.4) is 0 Å². The highest BCUT2D eigenvalue weighted by Crippen LogP contribution is 2.60. The number of nitrogens with one attached hydrogen (secondary N) is 2. The van der Waals surface area contributed by atoms with Crippen molar-refractivity contribution in [1.82, 2.24) is 5.32 Å². The van der Waals surface area contributed by atoms with E-state index in [1.807, 2.05) is 0 Å². The summed E-state index contributed by atoms with van der Waals surface area (Å²) in [6.07, 6.45) is 1.82. The molecule has 0 aromatic heterocycles. The summed E-state index contributed by atoms with van der Waals surface area (Å²) in [4.78, 5) is 24.8. The molecule has 3 aliphatic carbocycles. The minimum Gasteiger partial charge on any atom is -0.466 e. The number of carbonyl (C=O) groups is 2. The molecule has 0 heterocycles. The first kappa shape index (κ1) is 18.1. The number of fused-ring (bicyclic) bond motifs is 2. The number of benzene rings is 1. The lowest BCUT2D eigenvalue weighted by Gasteiger charge is -2.61. The standard InChI is InChI=1S/C19H25ClN2O3/c1-4-25-17(23)14-9-11-10-15(19(11,2)3)16(14)22-18(24)21-13-7-5-12(20)6-8-13/h5-8,11,14-16H,4,9-10H2,1-3H3,(H2,21,22,24)/t11-,14+,15-,16-/m1/s1. The van der Waals surface area contributed by atoms with Gasteiger partial charge in [-0.05, 0) is 61.3 Å². The zero-order valence-electron chi connectivity index (χ0n) is 14.8. The fourth-order valence-corrected chi connectivity index (χ4v) is 4.47. The smallest absolute Gasteiger partial charge is 0.319 e. The van der Waals surface area contributed by atoms with Crippen LogP contribution in [0, 0.1) is 23.2 Å². The molecule has 136 valence electrons. The van der Waals surface area contributed by atoms with Crippen molar-refractivity contribution in [2.75, 3.05) is 11.9 Å². The van der Waals surface area contributed by atoms with Gasteiger partial charge in [0.2, 0.25) is 0 Å². The largest absolute Gasteiger partial charge is 0.466 e. The molecule has 2 N–H and O–H groups in total. The molecule has 3 aliphatic rings. The minimum absolute atomic E-state index is 0.140. The van der Waals surface area contributed by atoms with Gasteiger partial charge in [0.1, 0.15) is 0 Å². The third-order valence-electron chi connectivity index (χ3n) is 5.94. The average molecular weight is 365 g/mol. The molecular weight excluding hydrogens is 340 g/mol. The van der Waals surface area contributed by atoms with E-state index in [0.29, 0.717) is 23.2 Å². The first-order valence-corrected chi connectivity index (χ1v) is 9.20. The molecule has 0 unspecified atom stereocenters. The number of hydrogen-bond donors (Lipinski definition) is 2. The number of esters is 1. The monoisotopic (exact) mass is 364 g/mol. The Kier molecular flexibility index (Phi) is 4.96. The fourth-order valence-electron chi connectivity index (χ4n) is 4.34. The van der Waals surface area contributed by atoms with Crippen molar-refractivity contribution >= 4 is 29.3 Å². The summed E-state index contributed by atoms with van der Waals surface area (Å²) in [5.74, 6) is 0.332. The molecule has 0 saturated heterocycles. The third kappa shape index (κ3) is 3.47. The SMILES string of the molecule is CCOC(=O)[C@H]1C[C@@H]2C[C@H]([C@@H]1NC(=O)Nc1ccc(Cl)cc1)C2(C)C. The Morgan fingerprint density at radius 2 is 1.92 bits per heavy atom. The third-order valence-corrected chi connectivity index (χ3v) is 6.19. The van der Waals surface area contributed by atoms with E-state index in [2.05, 4.69) is 24.5 Å². The molecule has 0 radical (unpaired) electrons. The van der Waals surface area contributed by atoms with Crippen LogP contribution in [0.2, 0.25) is 5.02 Å². The second-order valence-electron chi connectivity index (χ2n) is 7.59. The molecule has 5 nitrogen and oxygen atoms in total. The van der Waals surface area contributed by atoms with Crippen LogP contribution in [0.15, 0.2) is 24.3 Å². The maximum atomic E-state index is 12.5. The molecular formula is C19H25ClN2O3. The van der Waals surface area contributed by atoms with Crippen molar-refractivity contribution in [1.29, 1.82) is 0 Å². The summed E-state index contributed by atoms with van der Waals surface area (Å²) in [7, 11) is 0. The van der Waals surface area contributed by atoms with E-state index in [1.165, 1.54) is 0 Å². The Balaban J connectivity index is 1.70. The lowest BCUT2D eigenvalue weighted by Crippen LogP contribution is -2.65. The van der Waals surface area contributed by atoms with Crippen molar-refractivity contribution in [2.45, 2.75) is 39.7 Å². The van der Waals surface area contributed by atoms with Gasteiger partial charge in [-0.2, -0.15) is 0 Å². The van der Waals surface area contributed by atoms with Crippen LogP contribution in [-0.2, 0) is 9.53 Å². The molecule has 0 spiro atoms. The molecule has 0 aliphatic heterocycles. The van der Waals surface area contributed by atoms with E-state index >= 15 is 0 Å². The molecule has 2 bridgehead atoms. The number of hydrogen-bond acceptors (Lipinski definition) is 3. The van der Waals surface area contributed by atoms with Crippen molar-refractivity contribution < 1.29 is 14.3 Å². The van der Waals surface area contributed by atoms with Crippen molar-refractivity contribution in [3.8, 4) is 0 Å². The molecule has 6 heteroatoms. The molecule has 1 aromatic rings. The second kappa shape index (κ2) is 6.87. The summed E-state index contributed by atoms with van der Waals surface area (Å²) in [5, 5.41) is 6.46. The Hall–Kier alpha value is -1.75. The number of ether oxygens (including phenoxy) is 1. The highest BCUT2D eigenvalue weighted by molar-refractivity contribution is 6.30. The van der Waals surface area contributed by atoms with Crippen LogP contribution in [0.4, 0.5) is 10.5 Å². The average Bonchev–Trinajstić information content (AvgIpc) is 2.56. The van der Waals surface area contributed by atoms with E-state index in [-0.39, 0.29) is 35.3 Å². The van der Waals surface area contributed by atoms with E-state index in [4.69, 9.17) is 16.3 Å². The quantitative estimate of drug-likeness (QED) is 0.791. The molecule has 2 amide bonds. The van der Waals surface area contributed by atoms with Gasteiger partial charge in [0.05, 0.1) is 12.5 Å². The molecule has 4 rings (SSSR count). The number of anilines is 1. The Bertz CT molecular complexity index is 659. The summed E-state index contributed by atoms with van der Waals surface area (Å²) in [6, 6.07) is 6.43. The van der Waals surface area contributed by atoms with Gasteiger partial charge in [0, 0.05) is 16.8 Å². The zero-order valence-corrected chi connectivity index (χ0v) is 15.6. The van der Waals surface area contributed by atoms with Gasteiger partial charge in [-0.3, -0.25) is 4.79 Å². The van der Waals surface area contributed by atoms with E-state index in [9.17, 15) is 9.59 Å². The predicted molar refractivity (Wildman–Crippen MR) is 97.5 cm³/mol. The van der Waals surface area contributed by atoms with Gasteiger partial charge >= 0.3 is 12.0 Å². The van der Waals surface area contributed by atoms with Crippen LogP contribution in [0.5, 0.6) is 0 Å². The first-order chi connectivity index (χ1) is 11.8. The fraction of sp³-hybridized carbons (Fsp3) is 0.579. The molecule has 25 heavy (non-hydrogen) atoms. The summed E-state index contributed by atoms with van der Waals surface area (Å²) < 4.78 is 5.24. The molecule has 3 fully saturated rings. The number of halogens is 1. The van der Waals surface area contributed by atoms with Gasteiger partial charge in [-0.25, -0.2) is 4.79 Å². The Morgan fingerprint density at radius 1 is 1.24 bits per heavy atom. The van der Waals surface area contributed by atoms with Gasteiger partial charge < -0.3 is 15.4 Å². The van der Waals surface area contributed by atoms with Crippen LogP contribution < -0.4 is 10.6 Å². The van der Waals surface area contributed by atoms with Crippen LogP contribution in [0.25, 0.3) is 0 Å². The van der Waals surface area contributed by atoms with Crippen molar-refractivity contribution in [3.63, 3.8) is 0 Å². The Morgan fingerprint density at radius 3 is 2.52 bits per heavy atom. The van der Waals surface area contributed by atoms with Gasteiger partial charge in [0.15, 0.2) is 0 Å². The van der Waals surface area contributed by atoms with Crippen LogP contribution >= 0.6 is 11.6 Å². The normalized spacial score (nSPS) is 29.3.